The quantitative estimate of drug-likeness (QED) is 0.829. The van der Waals surface area contributed by atoms with Gasteiger partial charge >= 0.3 is 0 Å². The van der Waals surface area contributed by atoms with Crippen molar-refractivity contribution in [1.29, 1.82) is 0 Å². The van der Waals surface area contributed by atoms with Gasteiger partial charge in [0.05, 0.1) is 12.7 Å². The first-order valence-electron chi connectivity index (χ1n) is 7.24. The van der Waals surface area contributed by atoms with E-state index in [0.29, 0.717) is 19.1 Å². The molecular weight excluding hydrogens is 288 g/mol. The van der Waals surface area contributed by atoms with Crippen LogP contribution in [0.4, 0.5) is 0 Å². The Morgan fingerprint density at radius 1 is 1.38 bits per heavy atom. The smallest absolute Gasteiger partial charge is 0.245 e. The third kappa shape index (κ3) is 5.76. The highest BCUT2D eigenvalue weighted by Crippen LogP contribution is 2.20. The zero-order chi connectivity index (χ0) is 16.3. The molecule has 0 spiro atoms. The van der Waals surface area contributed by atoms with E-state index in [1.165, 1.54) is 10.5 Å². The van der Waals surface area contributed by atoms with Crippen LogP contribution in [-0.4, -0.2) is 48.7 Å². The van der Waals surface area contributed by atoms with Gasteiger partial charge in [0.15, 0.2) is 0 Å². The molecule has 122 valence electrons. The first-order chi connectivity index (χ1) is 9.52. The molecule has 0 saturated heterocycles. The summed E-state index contributed by atoms with van der Waals surface area (Å²) in [6.45, 7) is 12.1. The standard InChI is InChI=1S/C14H28N4O2S/c1-12(2)15-7-8-18-10-13(9-16-18)21(19,20)17(6)11-14(3,4)5/h9-10,12,15H,7-8,11H2,1-6H3. The Bertz CT molecular complexity index is 544. The molecule has 0 aliphatic heterocycles. The predicted octanol–water partition coefficient (Wildman–Crippen LogP) is 1.55. The summed E-state index contributed by atoms with van der Waals surface area (Å²) >= 11 is 0. The Kier molecular flexibility index (Phi) is 5.95. The van der Waals surface area contributed by atoms with E-state index >= 15 is 0 Å². The highest BCUT2D eigenvalue weighted by Gasteiger charge is 2.26. The Labute approximate surface area is 128 Å². The van der Waals surface area contributed by atoms with Crippen molar-refractivity contribution in [3.8, 4) is 0 Å². The molecule has 1 N–H and O–H groups in total. The van der Waals surface area contributed by atoms with Crippen LogP contribution in [-0.2, 0) is 16.6 Å². The van der Waals surface area contributed by atoms with Crippen LogP contribution in [0.5, 0.6) is 0 Å². The van der Waals surface area contributed by atoms with Crippen LogP contribution in [0.15, 0.2) is 17.3 Å². The number of hydrogen-bond acceptors (Lipinski definition) is 4. The van der Waals surface area contributed by atoms with Gasteiger partial charge in [0.1, 0.15) is 4.90 Å². The molecule has 7 heteroatoms. The second-order valence-electron chi connectivity index (χ2n) is 6.87. The molecule has 6 nitrogen and oxygen atoms in total. The molecular formula is C14H28N4O2S. The van der Waals surface area contributed by atoms with Gasteiger partial charge < -0.3 is 5.32 Å². The van der Waals surface area contributed by atoms with Crippen molar-refractivity contribution in [2.45, 2.75) is 52.1 Å². The fourth-order valence-electron chi connectivity index (χ4n) is 2.00. The van der Waals surface area contributed by atoms with Gasteiger partial charge in [-0.2, -0.15) is 5.10 Å². The van der Waals surface area contributed by atoms with Gasteiger partial charge in [-0.1, -0.05) is 34.6 Å². The summed E-state index contributed by atoms with van der Waals surface area (Å²) in [6, 6.07) is 0.404. The molecule has 0 atom stereocenters. The molecule has 0 bridgehead atoms. The summed E-state index contributed by atoms with van der Waals surface area (Å²) in [5, 5.41) is 7.40. The number of aromatic nitrogens is 2. The first kappa shape index (κ1) is 18.1. The second-order valence-corrected chi connectivity index (χ2v) is 8.91. The fourth-order valence-corrected chi connectivity index (χ4v) is 3.35. The molecule has 0 fully saturated rings. The van der Waals surface area contributed by atoms with Gasteiger partial charge in [-0.25, -0.2) is 12.7 Å². The van der Waals surface area contributed by atoms with Crippen molar-refractivity contribution in [1.82, 2.24) is 19.4 Å². The summed E-state index contributed by atoms with van der Waals surface area (Å²) in [7, 11) is -1.85. The Balaban J connectivity index is 2.74. The highest BCUT2D eigenvalue weighted by molar-refractivity contribution is 7.89. The molecule has 1 rings (SSSR count). The molecule has 0 unspecified atom stereocenters. The van der Waals surface area contributed by atoms with Crippen LogP contribution in [0, 0.1) is 5.41 Å². The summed E-state index contributed by atoms with van der Waals surface area (Å²) in [4.78, 5) is 0.249. The largest absolute Gasteiger partial charge is 0.313 e. The minimum Gasteiger partial charge on any atom is -0.313 e. The van der Waals surface area contributed by atoms with Crippen molar-refractivity contribution in [2.75, 3.05) is 20.1 Å². The van der Waals surface area contributed by atoms with Crippen molar-refractivity contribution in [2.24, 2.45) is 5.41 Å². The van der Waals surface area contributed by atoms with E-state index in [2.05, 4.69) is 24.3 Å². The topological polar surface area (TPSA) is 67.2 Å². The fraction of sp³-hybridized carbons (Fsp3) is 0.786. The molecule has 0 aliphatic carbocycles. The molecule has 0 saturated carbocycles. The number of hydrogen-bond donors (Lipinski definition) is 1. The highest BCUT2D eigenvalue weighted by atomic mass is 32.2. The van der Waals surface area contributed by atoms with Crippen LogP contribution in [0.1, 0.15) is 34.6 Å². The van der Waals surface area contributed by atoms with E-state index in [1.54, 1.807) is 17.9 Å². The molecule has 0 amide bonds. The lowest BCUT2D eigenvalue weighted by Gasteiger charge is -2.25. The summed E-state index contributed by atoms with van der Waals surface area (Å²) in [5.41, 5.74) is -0.0843. The van der Waals surface area contributed by atoms with Crippen molar-refractivity contribution < 1.29 is 8.42 Å². The SMILES string of the molecule is CC(C)NCCn1cc(S(=O)(=O)N(C)CC(C)(C)C)cn1. The molecule has 1 aromatic heterocycles. The Morgan fingerprint density at radius 2 is 2.00 bits per heavy atom. The van der Waals surface area contributed by atoms with Crippen LogP contribution >= 0.6 is 0 Å². The number of nitrogens with one attached hydrogen (secondary N) is 1. The normalized spacial score (nSPS) is 13.3. The van der Waals surface area contributed by atoms with Gasteiger partial charge in [-0.3, -0.25) is 4.68 Å². The van der Waals surface area contributed by atoms with Crippen LogP contribution in [0.3, 0.4) is 0 Å². The van der Waals surface area contributed by atoms with Crippen LogP contribution in [0.2, 0.25) is 0 Å². The first-order valence-corrected chi connectivity index (χ1v) is 8.68. The predicted molar refractivity (Wildman–Crippen MR) is 84.6 cm³/mol. The zero-order valence-electron chi connectivity index (χ0n) is 13.9. The lowest BCUT2D eigenvalue weighted by atomic mass is 9.97. The van der Waals surface area contributed by atoms with Gasteiger partial charge in [0, 0.05) is 32.4 Å². The molecule has 1 aromatic rings. The molecule has 0 radical (unpaired) electrons. The van der Waals surface area contributed by atoms with E-state index in [9.17, 15) is 8.42 Å². The molecule has 0 aromatic carbocycles. The maximum absolute atomic E-state index is 12.5. The average molecular weight is 316 g/mol. The minimum absolute atomic E-state index is 0.0843. The summed E-state index contributed by atoms with van der Waals surface area (Å²) in [6.07, 6.45) is 3.01. The van der Waals surface area contributed by atoms with E-state index in [4.69, 9.17) is 0 Å². The number of sulfonamides is 1. The monoisotopic (exact) mass is 316 g/mol. The minimum atomic E-state index is -3.46. The van der Waals surface area contributed by atoms with Gasteiger partial charge in [0.25, 0.3) is 0 Å². The van der Waals surface area contributed by atoms with E-state index in [-0.39, 0.29) is 10.3 Å². The van der Waals surface area contributed by atoms with Gasteiger partial charge in [-0.15, -0.1) is 0 Å². The van der Waals surface area contributed by atoms with Crippen LogP contribution in [0.25, 0.3) is 0 Å². The van der Waals surface area contributed by atoms with Crippen molar-refractivity contribution in [3.05, 3.63) is 12.4 Å². The summed E-state index contributed by atoms with van der Waals surface area (Å²) in [5.74, 6) is 0. The van der Waals surface area contributed by atoms with E-state index < -0.39 is 10.0 Å². The Hall–Kier alpha value is -0.920. The average Bonchev–Trinajstić information content (AvgIpc) is 2.75. The van der Waals surface area contributed by atoms with Crippen LogP contribution < -0.4 is 5.32 Å². The van der Waals surface area contributed by atoms with Crippen molar-refractivity contribution in [3.63, 3.8) is 0 Å². The summed E-state index contributed by atoms with van der Waals surface area (Å²) < 4.78 is 28.0. The Morgan fingerprint density at radius 3 is 2.52 bits per heavy atom. The zero-order valence-corrected chi connectivity index (χ0v) is 14.7. The maximum atomic E-state index is 12.5. The molecule has 21 heavy (non-hydrogen) atoms. The van der Waals surface area contributed by atoms with Gasteiger partial charge in [-0.05, 0) is 5.41 Å². The van der Waals surface area contributed by atoms with E-state index in [1.807, 2.05) is 20.8 Å². The van der Waals surface area contributed by atoms with E-state index in [0.717, 1.165) is 6.54 Å². The maximum Gasteiger partial charge on any atom is 0.245 e. The third-order valence-electron chi connectivity index (χ3n) is 2.91. The second kappa shape index (κ2) is 6.89. The lowest BCUT2D eigenvalue weighted by Crippen LogP contribution is -2.34. The molecule has 1 heterocycles. The van der Waals surface area contributed by atoms with Crippen molar-refractivity contribution >= 4 is 10.0 Å². The number of nitrogens with zero attached hydrogens (tertiary/aromatic N) is 3. The third-order valence-corrected chi connectivity index (χ3v) is 4.66. The number of rotatable bonds is 7. The lowest BCUT2D eigenvalue weighted by molar-refractivity contribution is 0.311. The van der Waals surface area contributed by atoms with Gasteiger partial charge in [0.2, 0.25) is 10.0 Å². The molecule has 0 aliphatic rings.